The summed E-state index contributed by atoms with van der Waals surface area (Å²) in [5, 5.41) is 14.7. The normalized spacial score (nSPS) is 22.1. The van der Waals surface area contributed by atoms with Crippen molar-refractivity contribution in [3.63, 3.8) is 0 Å². The zero-order valence-electron chi connectivity index (χ0n) is 36.6. The Morgan fingerprint density at radius 2 is 1.75 bits per heavy atom. The van der Waals surface area contributed by atoms with E-state index >= 15 is 0 Å². The number of ether oxygens (including phenoxy) is 3. The number of methoxy groups -OCH3 is 1. The molecule has 4 N–H and O–H groups in total. The van der Waals surface area contributed by atoms with Gasteiger partial charge in [-0.2, -0.15) is 0 Å². The Morgan fingerprint density at radius 1 is 0.952 bits per heavy atom. The molecule has 4 aliphatic heterocycles. The van der Waals surface area contributed by atoms with E-state index < -0.39 is 24.3 Å². The summed E-state index contributed by atoms with van der Waals surface area (Å²) in [7, 11) is 2.78. The van der Waals surface area contributed by atoms with E-state index in [2.05, 4.69) is 58.6 Å². The topological polar surface area (TPSA) is 195 Å². The van der Waals surface area contributed by atoms with Crippen LogP contribution < -0.4 is 10.1 Å². The number of benzene rings is 3. The van der Waals surface area contributed by atoms with E-state index in [9.17, 15) is 24.3 Å². The standard InChI is InChI=1S/C47H56N8O8/c1-24(2)39(52-46(58)61-6)44(56)55-26(4)7-12-36(55)42-48-21-35(50-42)29-8-10-31-30(18-29)23-63-38-20-32-28(19-33(31)38)9-11-34-40(32)51-43(49-34)37-17-25(3)22-54(37)45(57)41(53(5)47(59)60)27-13-15-62-16-14-27/h8-11,18-21,24-27,36-37,39,41H,7,12-17,22-23H2,1-6H3,(H,48,50)(H,49,51)(H,52,58)(H,59,60)/t25-,26-,36-,37-,39-,41-/m0/s1. The summed E-state index contributed by atoms with van der Waals surface area (Å²) in [6.45, 7) is 9.86. The second kappa shape index (κ2) is 16.8. The number of nitrogens with one attached hydrogen (secondary N) is 3. The van der Waals surface area contributed by atoms with Crippen LogP contribution in [0.15, 0.2) is 48.7 Å². The SMILES string of the molecule is COC(=O)N[C@H](C(=O)N1[C@@H](C)CC[C@H]1c1ncc(-c2ccc3c(c2)COc2cc4c(ccc5nc([C@@H]6C[C@H](C)CN6C(=O)[C@H](C6CCOCC6)N(C)C(=O)O)[nH]c54)cc2-3)[nH]1)C(C)C. The third-order valence-electron chi connectivity index (χ3n) is 13.7. The molecule has 3 aromatic carbocycles. The van der Waals surface area contributed by atoms with Gasteiger partial charge in [-0.15, -0.1) is 0 Å². The van der Waals surface area contributed by atoms with Crippen molar-refractivity contribution in [1.82, 2.24) is 40.0 Å². The minimum Gasteiger partial charge on any atom is -0.488 e. The van der Waals surface area contributed by atoms with Gasteiger partial charge >= 0.3 is 12.2 Å². The van der Waals surface area contributed by atoms with Crippen molar-refractivity contribution in [2.75, 3.05) is 33.9 Å². The summed E-state index contributed by atoms with van der Waals surface area (Å²) in [6, 6.07) is 12.5. The van der Waals surface area contributed by atoms with E-state index in [1.807, 2.05) is 42.8 Å². The summed E-state index contributed by atoms with van der Waals surface area (Å²) in [6.07, 6.45) is 3.59. The number of carbonyl (C=O) groups is 4. The number of carbonyl (C=O) groups excluding carboxylic acids is 3. The molecule has 2 aromatic heterocycles. The number of rotatable bonds is 9. The molecule has 0 saturated carbocycles. The largest absolute Gasteiger partial charge is 0.488 e. The van der Waals surface area contributed by atoms with E-state index in [1.165, 1.54) is 19.1 Å². The molecule has 0 aliphatic carbocycles. The second-order valence-corrected chi connectivity index (χ2v) is 18.2. The molecule has 5 aromatic rings. The Hall–Kier alpha value is -6.16. The van der Waals surface area contributed by atoms with Crippen LogP contribution in [-0.4, -0.2) is 116 Å². The molecule has 3 fully saturated rings. The van der Waals surface area contributed by atoms with Gasteiger partial charge in [-0.3, -0.25) is 14.5 Å². The number of likely N-dealkylation sites (tertiary alicyclic amines) is 2. The number of amides is 4. The van der Waals surface area contributed by atoms with Gasteiger partial charge < -0.3 is 44.4 Å². The van der Waals surface area contributed by atoms with E-state index in [1.54, 1.807) is 0 Å². The highest BCUT2D eigenvalue weighted by Gasteiger charge is 2.45. The molecule has 0 bridgehead atoms. The van der Waals surface area contributed by atoms with Crippen LogP contribution in [0.2, 0.25) is 0 Å². The quantitative estimate of drug-likeness (QED) is 0.116. The van der Waals surface area contributed by atoms with E-state index in [0.717, 1.165) is 68.3 Å². The lowest BCUT2D eigenvalue weighted by Gasteiger charge is -2.37. The highest BCUT2D eigenvalue weighted by Crippen LogP contribution is 2.44. The first kappa shape index (κ1) is 42.2. The van der Waals surface area contributed by atoms with Crippen molar-refractivity contribution in [3.8, 4) is 28.1 Å². The number of H-pyrrole nitrogens is 2. The van der Waals surface area contributed by atoms with Crippen LogP contribution in [0.3, 0.4) is 0 Å². The predicted molar refractivity (Wildman–Crippen MR) is 235 cm³/mol. The van der Waals surface area contributed by atoms with Crippen LogP contribution in [0.4, 0.5) is 9.59 Å². The fourth-order valence-electron chi connectivity index (χ4n) is 10.3. The Bertz CT molecular complexity index is 2580. The monoisotopic (exact) mass is 860 g/mol. The Labute approximate surface area is 365 Å². The first-order valence-corrected chi connectivity index (χ1v) is 22.1. The lowest BCUT2D eigenvalue weighted by Crippen LogP contribution is -2.53. The molecule has 6 atom stereocenters. The minimum atomic E-state index is -1.12. The van der Waals surface area contributed by atoms with Gasteiger partial charge in [0, 0.05) is 43.8 Å². The van der Waals surface area contributed by atoms with Crippen LogP contribution in [-0.2, 0) is 25.7 Å². The van der Waals surface area contributed by atoms with Crippen molar-refractivity contribution in [3.05, 3.63) is 65.9 Å². The number of carboxylic acid groups (broad SMARTS) is 1. The van der Waals surface area contributed by atoms with E-state index in [4.69, 9.17) is 24.2 Å². The molecule has 63 heavy (non-hydrogen) atoms. The number of hydrogen-bond acceptors (Lipinski definition) is 9. The molecule has 0 radical (unpaired) electrons. The Kier molecular flexibility index (Phi) is 11.3. The number of aromatic amines is 2. The van der Waals surface area contributed by atoms with Crippen LogP contribution in [0.25, 0.3) is 44.2 Å². The van der Waals surface area contributed by atoms with Crippen molar-refractivity contribution in [2.45, 2.75) is 96.6 Å². The molecule has 16 heteroatoms. The van der Waals surface area contributed by atoms with Crippen LogP contribution >= 0.6 is 0 Å². The fourth-order valence-corrected chi connectivity index (χ4v) is 10.3. The number of hydrogen-bond donors (Lipinski definition) is 4. The zero-order valence-corrected chi connectivity index (χ0v) is 36.6. The third kappa shape index (κ3) is 7.72. The molecule has 4 amide bonds. The molecule has 16 nitrogen and oxygen atoms in total. The van der Waals surface area contributed by atoms with E-state index in [0.29, 0.717) is 57.3 Å². The maximum absolute atomic E-state index is 14.4. The summed E-state index contributed by atoms with van der Waals surface area (Å²) in [5.41, 5.74) is 6.52. The minimum absolute atomic E-state index is 0.0212. The van der Waals surface area contributed by atoms with Crippen molar-refractivity contribution in [2.24, 2.45) is 17.8 Å². The summed E-state index contributed by atoms with van der Waals surface area (Å²) >= 11 is 0. The van der Waals surface area contributed by atoms with Gasteiger partial charge in [0.25, 0.3) is 0 Å². The first-order valence-electron chi connectivity index (χ1n) is 22.1. The maximum Gasteiger partial charge on any atom is 0.407 e. The smallest absolute Gasteiger partial charge is 0.407 e. The predicted octanol–water partition coefficient (Wildman–Crippen LogP) is 7.41. The fraction of sp³-hybridized carbons (Fsp3) is 0.489. The van der Waals surface area contributed by atoms with Gasteiger partial charge in [0.2, 0.25) is 11.8 Å². The van der Waals surface area contributed by atoms with Gasteiger partial charge in [0.05, 0.1) is 42.1 Å². The lowest BCUT2D eigenvalue weighted by molar-refractivity contribution is -0.140. The molecule has 3 saturated heterocycles. The molecule has 4 aliphatic rings. The van der Waals surface area contributed by atoms with Gasteiger partial charge in [-0.1, -0.05) is 39.0 Å². The number of likely N-dealkylation sites (N-methyl/N-ethyl adjacent to an activating group) is 1. The highest BCUT2D eigenvalue weighted by molar-refractivity contribution is 6.07. The summed E-state index contributed by atoms with van der Waals surface area (Å²) in [4.78, 5) is 74.3. The van der Waals surface area contributed by atoms with Crippen molar-refractivity contribution in [1.29, 1.82) is 0 Å². The zero-order chi connectivity index (χ0) is 44.3. The Balaban J connectivity index is 0.969. The number of aromatic nitrogens is 4. The van der Waals surface area contributed by atoms with Crippen LogP contribution in [0.5, 0.6) is 5.75 Å². The molecule has 6 heterocycles. The number of alkyl carbamates (subject to hydrolysis) is 1. The van der Waals surface area contributed by atoms with Crippen LogP contribution in [0, 0.1) is 17.8 Å². The van der Waals surface area contributed by atoms with Crippen molar-refractivity contribution < 1.29 is 38.5 Å². The number of fused-ring (bicyclic) bond motifs is 6. The molecule has 0 unspecified atom stereocenters. The Morgan fingerprint density at radius 3 is 2.49 bits per heavy atom. The van der Waals surface area contributed by atoms with Gasteiger partial charge in [0.1, 0.15) is 36.1 Å². The number of nitrogens with zero attached hydrogens (tertiary/aromatic N) is 5. The maximum atomic E-state index is 14.4. The first-order chi connectivity index (χ1) is 30.3. The second-order valence-electron chi connectivity index (χ2n) is 18.2. The van der Waals surface area contributed by atoms with Crippen LogP contribution in [0.1, 0.15) is 89.1 Å². The molecule has 0 spiro atoms. The van der Waals surface area contributed by atoms with Crippen molar-refractivity contribution >= 4 is 45.8 Å². The third-order valence-corrected chi connectivity index (χ3v) is 13.7. The van der Waals surface area contributed by atoms with E-state index in [-0.39, 0.29) is 47.7 Å². The average molecular weight is 861 g/mol. The average Bonchev–Trinajstić information content (AvgIpc) is 4.10. The molecular weight excluding hydrogens is 805 g/mol. The molecular formula is C47H56N8O8. The highest BCUT2D eigenvalue weighted by atomic mass is 16.5. The summed E-state index contributed by atoms with van der Waals surface area (Å²) in [5.74, 6) is 1.77. The summed E-state index contributed by atoms with van der Waals surface area (Å²) < 4.78 is 16.8. The van der Waals surface area contributed by atoms with Gasteiger partial charge in [-0.25, -0.2) is 19.6 Å². The molecule has 332 valence electrons. The lowest BCUT2D eigenvalue weighted by atomic mass is 9.89. The van der Waals surface area contributed by atoms with Gasteiger partial charge in [-0.05, 0) is 103 Å². The molecule has 9 rings (SSSR count). The number of imidazole rings is 2. The van der Waals surface area contributed by atoms with Gasteiger partial charge in [0.15, 0.2) is 0 Å².